The Hall–Kier alpha value is -5.88. The predicted molar refractivity (Wildman–Crippen MR) is 216 cm³/mol. The number of hydrogen-bond donors (Lipinski definition) is 0. The predicted octanol–water partition coefficient (Wildman–Crippen LogP) is 8.77. The summed E-state index contributed by atoms with van der Waals surface area (Å²) in [6, 6.07) is 37.6. The molecule has 0 atom stereocenters. The van der Waals surface area contributed by atoms with Gasteiger partial charge in [-0.3, -0.25) is 29.9 Å². The molecule has 0 radical (unpaired) electrons. The molecule has 7 rings (SSSR count). The Labute approximate surface area is 319 Å². The van der Waals surface area contributed by atoms with E-state index in [1.54, 1.807) is 0 Å². The van der Waals surface area contributed by atoms with Gasteiger partial charge in [-0.15, -0.1) is 0 Å². The Morgan fingerprint density at radius 3 is 0.500 bits per heavy atom. The number of aromatic nitrogens is 6. The molecule has 0 bridgehead atoms. The summed E-state index contributed by atoms with van der Waals surface area (Å²) in [5.74, 6) is 0. The molecule has 270 valence electrons. The van der Waals surface area contributed by atoms with Crippen LogP contribution in [0.3, 0.4) is 0 Å². The van der Waals surface area contributed by atoms with Gasteiger partial charge in [-0.1, -0.05) is 36.4 Å². The van der Waals surface area contributed by atoms with E-state index in [0.29, 0.717) is 0 Å². The summed E-state index contributed by atoms with van der Waals surface area (Å²) in [4.78, 5) is 28.6. The van der Waals surface area contributed by atoms with Gasteiger partial charge in [-0.2, -0.15) is 0 Å². The van der Waals surface area contributed by atoms with E-state index in [0.717, 1.165) is 111 Å². The molecule has 1 aromatic carbocycles. The number of pyridine rings is 6. The van der Waals surface area contributed by atoms with Crippen molar-refractivity contribution in [1.29, 1.82) is 0 Å². The van der Waals surface area contributed by atoms with Gasteiger partial charge >= 0.3 is 0 Å². The van der Waals surface area contributed by atoms with Crippen LogP contribution < -0.4 is 0 Å². The van der Waals surface area contributed by atoms with Gasteiger partial charge in [0.25, 0.3) is 0 Å². The van der Waals surface area contributed by atoms with Crippen molar-refractivity contribution < 1.29 is 0 Å². The van der Waals surface area contributed by atoms with Gasteiger partial charge in [-0.05, 0) is 183 Å². The summed E-state index contributed by atoms with van der Waals surface area (Å²) in [5, 5.41) is 0. The van der Waals surface area contributed by atoms with Crippen LogP contribution in [0, 0.1) is 0 Å². The summed E-state index contributed by atoms with van der Waals surface area (Å²) in [5.41, 5.74) is 15.6. The van der Waals surface area contributed by atoms with Crippen LogP contribution in [-0.4, -0.2) is 29.9 Å². The third-order valence-corrected chi connectivity index (χ3v) is 10.3. The minimum atomic E-state index is 0.876. The second-order valence-corrected chi connectivity index (χ2v) is 13.8. The number of aryl methyl sites for hydroxylation is 6. The van der Waals surface area contributed by atoms with Gasteiger partial charge in [0, 0.05) is 71.3 Å². The normalized spacial score (nSPS) is 11.1. The molecule has 0 N–H and O–H groups in total. The van der Waals surface area contributed by atoms with Crippen molar-refractivity contribution >= 4 is 0 Å². The fourth-order valence-corrected chi connectivity index (χ4v) is 7.70. The summed E-state index contributed by atoms with van der Waals surface area (Å²) in [7, 11) is 0. The first-order valence-electron chi connectivity index (χ1n) is 19.4. The highest BCUT2D eigenvalue weighted by atomic mass is 14.7. The van der Waals surface area contributed by atoms with Crippen LogP contribution in [0.15, 0.2) is 146 Å². The van der Waals surface area contributed by atoms with Crippen molar-refractivity contribution in [2.75, 3.05) is 0 Å². The van der Waals surface area contributed by atoms with Crippen LogP contribution in [0.4, 0.5) is 0 Å². The highest BCUT2D eigenvalue weighted by molar-refractivity contribution is 5.54. The van der Waals surface area contributed by atoms with Crippen LogP contribution in [0.2, 0.25) is 0 Å². The SMILES string of the molecule is c1ccc(CCc2c(CCc3ccccn3)c(CCc3ccccn3)c(CCc3ccccn3)c(CCc3ccccn3)c2CCc2ccccn2)nc1. The largest absolute Gasteiger partial charge is 0.261 e. The van der Waals surface area contributed by atoms with Crippen LogP contribution >= 0.6 is 0 Å². The maximum Gasteiger partial charge on any atom is 0.0406 e. The van der Waals surface area contributed by atoms with E-state index in [4.69, 9.17) is 29.9 Å². The standard InChI is InChI=1S/C48H48N6/c1-7-31-49-37(13-1)19-25-43-44(26-20-38-14-2-8-32-50-38)46(28-22-40-16-4-10-34-52-40)48(30-24-42-18-6-12-36-54-42)47(29-23-41-17-5-11-35-53-41)45(43)27-21-39-15-3-9-33-51-39/h1-18,31-36H,19-30H2. The van der Waals surface area contributed by atoms with Crippen molar-refractivity contribution in [2.24, 2.45) is 0 Å². The molecular weight excluding hydrogens is 661 g/mol. The highest BCUT2D eigenvalue weighted by Gasteiger charge is 2.24. The van der Waals surface area contributed by atoms with Gasteiger partial charge in [0.1, 0.15) is 0 Å². The number of hydrogen-bond acceptors (Lipinski definition) is 6. The molecule has 0 spiro atoms. The average molecular weight is 709 g/mol. The molecule has 0 saturated carbocycles. The molecule has 6 heterocycles. The maximum absolute atomic E-state index is 4.77. The topological polar surface area (TPSA) is 77.3 Å². The van der Waals surface area contributed by atoms with E-state index in [1.807, 2.05) is 73.6 Å². The molecule has 6 heteroatoms. The molecule has 0 unspecified atom stereocenters. The van der Waals surface area contributed by atoms with Crippen molar-refractivity contribution in [1.82, 2.24) is 29.9 Å². The lowest BCUT2D eigenvalue weighted by Crippen LogP contribution is -2.18. The molecule has 0 aliphatic carbocycles. The van der Waals surface area contributed by atoms with Crippen molar-refractivity contribution in [2.45, 2.75) is 77.0 Å². The lowest BCUT2D eigenvalue weighted by atomic mass is 9.77. The van der Waals surface area contributed by atoms with E-state index >= 15 is 0 Å². The summed E-state index contributed by atoms with van der Waals surface area (Å²) < 4.78 is 0. The fourth-order valence-electron chi connectivity index (χ4n) is 7.70. The number of rotatable bonds is 18. The first kappa shape index (κ1) is 36.5. The minimum Gasteiger partial charge on any atom is -0.261 e. The Bertz CT molecular complexity index is 1720. The maximum atomic E-state index is 4.77. The van der Waals surface area contributed by atoms with Gasteiger partial charge < -0.3 is 0 Å². The Balaban J connectivity index is 1.42. The monoisotopic (exact) mass is 708 g/mol. The molecule has 0 aliphatic rings. The second-order valence-electron chi connectivity index (χ2n) is 13.8. The lowest BCUT2D eigenvalue weighted by molar-refractivity contribution is 0.759. The van der Waals surface area contributed by atoms with E-state index in [-0.39, 0.29) is 0 Å². The van der Waals surface area contributed by atoms with Gasteiger partial charge in [0.2, 0.25) is 0 Å². The average Bonchev–Trinajstić information content (AvgIpc) is 3.24. The third-order valence-electron chi connectivity index (χ3n) is 10.3. The van der Waals surface area contributed by atoms with E-state index in [1.165, 1.54) is 33.4 Å². The van der Waals surface area contributed by atoms with Crippen molar-refractivity contribution in [3.05, 3.63) is 214 Å². The minimum absolute atomic E-state index is 0.876. The molecule has 0 saturated heterocycles. The van der Waals surface area contributed by atoms with Crippen LogP contribution in [0.25, 0.3) is 0 Å². The second kappa shape index (κ2) is 19.3. The zero-order chi connectivity index (χ0) is 36.6. The van der Waals surface area contributed by atoms with Gasteiger partial charge in [0.05, 0.1) is 0 Å². The van der Waals surface area contributed by atoms with E-state index in [2.05, 4.69) is 72.8 Å². The highest BCUT2D eigenvalue weighted by Crippen LogP contribution is 2.35. The Morgan fingerprint density at radius 1 is 0.204 bits per heavy atom. The third kappa shape index (κ3) is 10.2. The molecule has 0 fully saturated rings. The number of benzene rings is 1. The molecule has 6 nitrogen and oxygen atoms in total. The Morgan fingerprint density at radius 2 is 0.370 bits per heavy atom. The molecule has 6 aromatic heterocycles. The summed E-state index contributed by atoms with van der Waals surface area (Å²) in [6.07, 6.45) is 22.2. The molecule has 7 aromatic rings. The molecule has 54 heavy (non-hydrogen) atoms. The smallest absolute Gasteiger partial charge is 0.0406 e. The summed E-state index contributed by atoms with van der Waals surface area (Å²) in [6.45, 7) is 0. The first-order chi connectivity index (χ1) is 26.8. The molecule has 0 amide bonds. The first-order valence-corrected chi connectivity index (χ1v) is 19.4. The van der Waals surface area contributed by atoms with Crippen molar-refractivity contribution in [3.63, 3.8) is 0 Å². The zero-order valence-corrected chi connectivity index (χ0v) is 31.0. The fraction of sp³-hybridized carbons (Fsp3) is 0.250. The van der Waals surface area contributed by atoms with E-state index < -0.39 is 0 Å². The van der Waals surface area contributed by atoms with Gasteiger partial charge in [0.15, 0.2) is 0 Å². The quantitative estimate of drug-likeness (QED) is 0.0888. The van der Waals surface area contributed by atoms with E-state index in [9.17, 15) is 0 Å². The van der Waals surface area contributed by atoms with Crippen LogP contribution in [0.1, 0.15) is 67.5 Å². The summed E-state index contributed by atoms with van der Waals surface area (Å²) >= 11 is 0. The van der Waals surface area contributed by atoms with Crippen LogP contribution in [0.5, 0.6) is 0 Å². The lowest BCUT2D eigenvalue weighted by Gasteiger charge is -2.28. The molecule has 0 aliphatic heterocycles. The Kier molecular flexibility index (Phi) is 13.0. The van der Waals surface area contributed by atoms with Gasteiger partial charge in [-0.25, -0.2) is 0 Å². The molecular formula is C48H48N6. The van der Waals surface area contributed by atoms with Crippen LogP contribution in [-0.2, 0) is 77.0 Å². The number of nitrogens with zero attached hydrogens (tertiary/aromatic N) is 6. The zero-order valence-electron chi connectivity index (χ0n) is 31.0. The van der Waals surface area contributed by atoms with Crippen molar-refractivity contribution in [3.8, 4) is 0 Å².